The molecule has 1 fully saturated rings. The molecule has 1 atom stereocenters. The van der Waals surface area contributed by atoms with Gasteiger partial charge in [0.05, 0.1) is 117 Å². The maximum absolute atomic E-state index is 13.1. The normalized spacial score (nSPS) is 15.3. The van der Waals surface area contributed by atoms with Gasteiger partial charge in [0.1, 0.15) is 6.04 Å². The second-order valence-corrected chi connectivity index (χ2v) is 12.1. The van der Waals surface area contributed by atoms with Crippen LogP contribution in [0.3, 0.4) is 0 Å². The van der Waals surface area contributed by atoms with Crippen molar-refractivity contribution in [2.75, 3.05) is 124 Å². The van der Waals surface area contributed by atoms with Gasteiger partial charge in [0.15, 0.2) is 0 Å². The van der Waals surface area contributed by atoms with Gasteiger partial charge in [0, 0.05) is 38.2 Å². The minimum absolute atomic E-state index is 0.0236. The van der Waals surface area contributed by atoms with E-state index in [9.17, 15) is 28.8 Å². The van der Waals surface area contributed by atoms with Gasteiger partial charge in [0.2, 0.25) is 17.7 Å². The van der Waals surface area contributed by atoms with Gasteiger partial charge >= 0.3 is 5.97 Å². The molecule has 4 N–H and O–H groups in total. The molecule has 308 valence electrons. The maximum atomic E-state index is 13.1. The van der Waals surface area contributed by atoms with Crippen LogP contribution in [0.1, 0.15) is 52.8 Å². The predicted molar refractivity (Wildman–Crippen MR) is 193 cm³/mol. The molecule has 0 radical (unpaired) electrons. The largest absolute Gasteiger partial charge is 0.481 e. The lowest BCUT2D eigenvalue weighted by Gasteiger charge is -2.27. The van der Waals surface area contributed by atoms with E-state index in [1.807, 2.05) is 0 Å². The monoisotopic (exact) mass is 782 g/mol. The lowest BCUT2D eigenvalue weighted by Crippen LogP contribution is -2.54. The SMILES string of the molecule is O=C(O)CCC(=O)NCCCOCCOCCOCCOCCOCCOCCOCCOCCNc1cccc2c1C(=O)N(C1CCC(=O)NC1=O)C2=O. The van der Waals surface area contributed by atoms with Crippen LogP contribution in [-0.2, 0) is 57.1 Å². The molecule has 2 heterocycles. The summed E-state index contributed by atoms with van der Waals surface area (Å²) in [6.07, 6.45) is 0.591. The number of carbonyl (C=O) groups excluding carboxylic acids is 5. The van der Waals surface area contributed by atoms with Crippen LogP contribution in [0.25, 0.3) is 0 Å². The van der Waals surface area contributed by atoms with E-state index in [4.69, 9.17) is 43.0 Å². The first kappa shape index (κ1) is 45.3. The van der Waals surface area contributed by atoms with Crippen LogP contribution in [0.4, 0.5) is 5.69 Å². The fraction of sp³-hybridized carbons (Fsp3) is 0.667. The van der Waals surface area contributed by atoms with Crippen LogP contribution in [0, 0.1) is 0 Å². The maximum Gasteiger partial charge on any atom is 0.303 e. The fourth-order valence-electron chi connectivity index (χ4n) is 5.27. The van der Waals surface area contributed by atoms with E-state index in [0.29, 0.717) is 131 Å². The number of hydrogen-bond donors (Lipinski definition) is 4. The van der Waals surface area contributed by atoms with E-state index in [-0.39, 0.29) is 42.7 Å². The van der Waals surface area contributed by atoms with E-state index in [2.05, 4.69) is 16.0 Å². The Labute approximate surface area is 319 Å². The highest BCUT2D eigenvalue weighted by Gasteiger charge is 2.45. The quantitative estimate of drug-likeness (QED) is 0.0543. The number of anilines is 1. The molecule has 0 aromatic heterocycles. The van der Waals surface area contributed by atoms with Crippen LogP contribution in [0.2, 0.25) is 0 Å². The highest BCUT2D eigenvalue weighted by atomic mass is 16.6. The molecule has 0 spiro atoms. The third-order valence-electron chi connectivity index (χ3n) is 7.99. The molecule has 1 aromatic rings. The molecular weight excluding hydrogens is 728 g/mol. The standard InChI is InChI=1S/C36H54N4O15/c41-30(7-8-32(43)44)38-9-2-11-48-13-15-50-17-19-52-21-23-54-25-26-55-24-22-53-20-18-51-16-14-49-12-10-37-28-4-1-3-27-33(28)36(47)40(35(27)46)29-5-6-31(42)39-34(29)45/h1,3-4,29,37H,2,5-26H2,(H,38,41)(H,43,44)(H,39,42,45). The number of amides is 5. The van der Waals surface area contributed by atoms with Crippen LogP contribution in [0.15, 0.2) is 18.2 Å². The number of piperidine rings is 1. The van der Waals surface area contributed by atoms with Crippen molar-refractivity contribution in [3.05, 3.63) is 29.3 Å². The Morgan fingerprint density at radius 2 is 1.18 bits per heavy atom. The topological polar surface area (TPSA) is 236 Å². The van der Waals surface area contributed by atoms with Gasteiger partial charge in [-0.3, -0.25) is 39.0 Å². The summed E-state index contributed by atoms with van der Waals surface area (Å²) in [6.45, 7) is 7.54. The zero-order valence-electron chi connectivity index (χ0n) is 31.2. The van der Waals surface area contributed by atoms with Crippen LogP contribution >= 0.6 is 0 Å². The Hall–Kier alpha value is -4.08. The lowest BCUT2D eigenvalue weighted by molar-refractivity contribution is -0.139. The summed E-state index contributed by atoms with van der Waals surface area (Å²) < 4.78 is 43.8. The summed E-state index contributed by atoms with van der Waals surface area (Å²) in [4.78, 5) is 72.6. The van der Waals surface area contributed by atoms with Crippen molar-refractivity contribution in [1.29, 1.82) is 0 Å². The molecule has 1 unspecified atom stereocenters. The number of rotatable bonds is 33. The first-order chi connectivity index (χ1) is 26.8. The molecule has 55 heavy (non-hydrogen) atoms. The molecule has 2 aliphatic heterocycles. The highest BCUT2D eigenvalue weighted by molar-refractivity contribution is 6.25. The lowest BCUT2D eigenvalue weighted by atomic mass is 10.0. The van der Waals surface area contributed by atoms with Gasteiger partial charge in [-0.1, -0.05) is 6.07 Å². The van der Waals surface area contributed by atoms with E-state index >= 15 is 0 Å². The third kappa shape index (κ3) is 17.9. The number of hydrogen-bond acceptors (Lipinski definition) is 15. The van der Waals surface area contributed by atoms with Crippen LogP contribution in [0.5, 0.6) is 0 Å². The van der Waals surface area contributed by atoms with Gasteiger partial charge < -0.3 is 53.6 Å². The first-order valence-electron chi connectivity index (χ1n) is 18.5. The minimum atomic E-state index is -1.02. The summed E-state index contributed by atoms with van der Waals surface area (Å²) in [5.74, 6) is -3.47. The van der Waals surface area contributed by atoms with Gasteiger partial charge in [-0.25, -0.2) is 0 Å². The molecule has 19 nitrogen and oxygen atoms in total. The van der Waals surface area contributed by atoms with E-state index in [0.717, 1.165) is 4.90 Å². The number of benzene rings is 1. The van der Waals surface area contributed by atoms with Gasteiger partial charge in [0.25, 0.3) is 11.8 Å². The number of ether oxygens (including phenoxy) is 8. The van der Waals surface area contributed by atoms with Crippen molar-refractivity contribution in [1.82, 2.24) is 15.5 Å². The summed E-state index contributed by atoms with van der Waals surface area (Å²) in [5.41, 5.74) is 0.883. The Kier molecular flexibility index (Phi) is 22.6. The zero-order valence-corrected chi connectivity index (χ0v) is 31.2. The molecule has 2 aliphatic rings. The summed E-state index contributed by atoms with van der Waals surface area (Å²) in [5, 5.41) is 16.5. The van der Waals surface area contributed by atoms with Crippen molar-refractivity contribution >= 4 is 41.2 Å². The molecule has 1 saturated heterocycles. The molecule has 1 aromatic carbocycles. The molecule has 5 amide bonds. The molecule has 0 aliphatic carbocycles. The van der Waals surface area contributed by atoms with E-state index < -0.39 is 35.6 Å². The second-order valence-electron chi connectivity index (χ2n) is 12.1. The average molecular weight is 783 g/mol. The van der Waals surface area contributed by atoms with E-state index in [1.165, 1.54) is 0 Å². The summed E-state index contributed by atoms with van der Waals surface area (Å²) >= 11 is 0. The summed E-state index contributed by atoms with van der Waals surface area (Å²) in [7, 11) is 0. The Morgan fingerprint density at radius 3 is 1.69 bits per heavy atom. The van der Waals surface area contributed by atoms with Crippen LogP contribution < -0.4 is 16.0 Å². The van der Waals surface area contributed by atoms with Crippen molar-refractivity contribution < 1.29 is 71.8 Å². The minimum Gasteiger partial charge on any atom is -0.481 e. The number of fused-ring (bicyclic) bond motifs is 1. The Balaban J connectivity index is 1.02. The average Bonchev–Trinajstić information content (AvgIpc) is 3.42. The smallest absolute Gasteiger partial charge is 0.303 e. The highest BCUT2D eigenvalue weighted by Crippen LogP contribution is 2.32. The summed E-state index contributed by atoms with van der Waals surface area (Å²) in [6, 6.07) is 3.87. The first-order valence-corrected chi connectivity index (χ1v) is 18.5. The van der Waals surface area contributed by atoms with Crippen LogP contribution in [-0.4, -0.2) is 170 Å². The number of nitrogens with one attached hydrogen (secondary N) is 3. The Morgan fingerprint density at radius 1 is 0.673 bits per heavy atom. The molecule has 19 heteroatoms. The fourth-order valence-corrected chi connectivity index (χ4v) is 5.27. The molecular formula is C36H54N4O15. The predicted octanol–water partition coefficient (Wildman–Crippen LogP) is 0.00360. The van der Waals surface area contributed by atoms with Crippen molar-refractivity contribution in [3.63, 3.8) is 0 Å². The molecule has 0 bridgehead atoms. The molecule has 3 rings (SSSR count). The van der Waals surface area contributed by atoms with Gasteiger partial charge in [-0.05, 0) is 25.0 Å². The number of nitrogens with zero attached hydrogens (tertiary/aromatic N) is 1. The van der Waals surface area contributed by atoms with Gasteiger partial charge in [-0.15, -0.1) is 0 Å². The number of aliphatic carboxylic acids is 1. The number of imide groups is 2. The second kappa shape index (κ2) is 27.5. The third-order valence-corrected chi connectivity index (χ3v) is 7.99. The van der Waals surface area contributed by atoms with Crippen molar-refractivity contribution in [3.8, 4) is 0 Å². The number of carboxylic acids is 1. The zero-order chi connectivity index (χ0) is 39.5. The Bertz CT molecular complexity index is 1360. The van der Waals surface area contributed by atoms with E-state index in [1.54, 1.807) is 18.2 Å². The molecule has 0 saturated carbocycles. The van der Waals surface area contributed by atoms with Crippen molar-refractivity contribution in [2.45, 2.75) is 38.1 Å². The number of carboxylic acid groups (broad SMARTS) is 1. The number of carbonyl (C=O) groups is 6. The van der Waals surface area contributed by atoms with Gasteiger partial charge in [-0.2, -0.15) is 0 Å². The van der Waals surface area contributed by atoms with Crippen molar-refractivity contribution in [2.24, 2.45) is 0 Å².